The lowest BCUT2D eigenvalue weighted by Gasteiger charge is -2.31. The standard InChI is InChI=1S/C13H27NO2/c1-9(2)15-8-11(14)10-7-12(3,4)16-13(10,5)6/h9-11H,7-8,14H2,1-6H3. The molecule has 3 heteroatoms. The molecule has 0 spiro atoms. The summed E-state index contributed by atoms with van der Waals surface area (Å²) in [5, 5.41) is 0. The van der Waals surface area contributed by atoms with E-state index in [1.165, 1.54) is 0 Å². The first-order valence-corrected chi connectivity index (χ1v) is 6.21. The van der Waals surface area contributed by atoms with Crippen molar-refractivity contribution in [2.75, 3.05) is 6.61 Å². The normalized spacial score (nSPS) is 29.6. The summed E-state index contributed by atoms with van der Waals surface area (Å²) in [6.07, 6.45) is 1.24. The molecule has 0 aromatic carbocycles. The van der Waals surface area contributed by atoms with Gasteiger partial charge in [0.15, 0.2) is 0 Å². The van der Waals surface area contributed by atoms with Gasteiger partial charge in [0.05, 0.1) is 23.9 Å². The molecule has 1 saturated heterocycles. The molecule has 0 bridgehead atoms. The molecule has 0 aliphatic carbocycles. The molecule has 0 radical (unpaired) electrons. The van der Waals surface area contributed by atoms with Crippen molar-refractivity contribution < 1.29 is 9.47 Å². The van der Waals surface area contributed by atoms with Crippen LogP contribution in [0.25, 0.3) is 0 Å². The van der Waals surface area contributed by atoms with Gasteiger partial charge in [-0.15, -0.1) is 0 Å². The van der Waals surface area contributed by atoms with Crippen LogP contribution in [-0.2, 0) is 9.47 Å². The van der Waals surface area contributed by atoms with Crippen molar-refractivity contribution in [1.29, 1.82) is 0 Å². The smallest absolute Gasteiger partial charge is 0.0678 e. The van der Waals surface area contributed by atoms with Gasteiger partial charge in [0, 0.05) is 12.0 Å². The Morgan fingerprint density at radius 3 is 2.25 bits per heavy atom. The molecule has 0 saturated carbocycles. The fraction of sp³-hybridized carbons (Fsp3) is 1.00. The zero-order chi connectivity index (χ0) is 12.6. The molecule has 1 aliphatic heterocycles. The molecule has 1 rings (SSSR count). The Kier molecular flexibility index (Phi) is 4.04. The van der Waals surface area contributed by atoms with E-state index in [1.54, 1.807) is 0 Å². The highest BCUT2D eigenvalue weighted by Gasteiger charge is 2.48. The lowest BCUT2D eigenvalue weighted by molar-refractivity contribution is -0.0798. The van der Waals surface area contributed by atoms with Crippen LogP contribution in [0.3, 0.4) is 0 Å². The zero-order valence-electron chi connectivity index (χ0n) is 11.5. The maximum Gasteiger partial charge on any atom is 0.0678 e. The topological polar surface area (TPSA) is 44.5 Å². The summed E-state index contributed by atoms with van der Waals surface area (Å²) in [4.78, 5) is 0. The molecule has 1 aliphatic rings. The van der Waals surface area contributed by atoms with Crippen molar-refractivity contribution >= 4 is 0 Å². The van der Waals surface area contributed by atoms with E-state index in [0.29, 0.717) is 12.5 Å². The molecule has 16 heavy (non-hydrogen) atoms. The minimum Gasteiger partial charge on any atom is -0.377 e. The Hall–Kier alpha value is -0.120. The van der Waals surface area contributed by atoms with E-state index >= 15 is 0 Å². The van der Waals surface area contributed by atoms with Crippen molar-refractivity contribution in [2.24, 2.45) is 11.7 Å². The van der Waals surface area contributed by atoms with Crippen LogP contribution in [0.15, 0.2) is 0 Å². The second kappa shape index (κ2) is 4.63. The second-order valence-electron chi connectivity index (χ2n) is 6.32. The summed E-state index contributed by atoms with van der Waals surface area (Å²) in [5.41, 5.74) is 6.00. The van der Waals surface area contributed by atoms with Gasteiger partial charge in [-0.2, -0.15) is 0 Å². The van der Waals surface area contributed by atoms with Crippen molar-refractivity contribution in [1.82, 2.24) is 0 Å². The third-order valence-corrected chi connectivity index (χ3v) is 3.28. The molecule has 2 unspecified atom stereocenters. The first-order chi connectivity index (χ1) is 7.14. The quantitative estimate of drug-likeness (QED) is 0.804. The van der Waals surface area contributed by atoms with Crippen LogP contribution in [0.1, 0.15) is 48.0 Å². The first kappa shape index (κ1) is 13.9. The van der Waals surface area contributed by atoms with Gasteiger partial charge < -0.3 is 15.2 Å². The SMILES string of the molecule is CC(C)OCC(N)C1CC(C)(C)OC1(C)C. The van der Waals surface area contributed by atoms with Crippen LogP contribution in [0.2, 0.25) is 0 Å². The first-order valence-electron chi connectivity index (χ1n) is 6.21. The summed E-state index contributed by atoms with van der Waals surface area (Å²) in [6.45, 7) is 13.2. The summed E-state index contributed by atoms with van der Waals surface area (Å²) in [7, 11) is 0. The lowest BCUT2D eigenvalue weighted by atomic mass is 9.82. The van der Waals surface area contributed by atoms with Crippen molar-refractivity contribution in [2.45, 2.75) is 71.3 Å². The van der Waals surface area contributed by atoms with Crippen molar-refractivity contribution in [3.63, 3.8) is 0 Å². The highest BCUT2D eigenvalue weighted by atomic mass is 16.5. The molecule has 3 nitrogen and oxygen atoms in total. The number of nitrogens with two attached hydrogens (primary N) is 1. The highest BCUT2D eigenvalue weighted by molar-refractivity contribution is 4.98. The van der Waals surface area contributed by atoms with E-state index in [9.17, 15) is 0 Å². The van der Waals surface area contributed by atoms with Gasteiger partial charge in [-0.1, -0.05) is 0 Å². The maximum atomic E-state index is 6.22. The monoisotopic (exact) mass is 229 g/mol. The van der Waals surface area contributed by atoms with Crippen LogP contribution < -0.4 is 5.73 Å². The van der Waals surface area contributed by atoms with Gasteiger partial charge in [-0.05, 0) is 48.0 Å². The lowest BCUT2D eigenvalue weighted by Crippen LogP contribution is -2.44. The zero-order valence-corrected chi connectivity index (χ0v) is 11.5. The summed E-state index contributed by atoms with van der Waals surface area (Å²) in [6, 6.07) is 0.0548. The minimum absolute atomic E-state index is 0.0548. The predicted molar refractivity (Wildman–Crippen MR) is 66.4 cm³/mol. The fourth-order valence-corrected chi connectivity index (χ4v) is 2.69. The number of ether oxygens (including phenoxy) is 2. The van der Waals surface area contributed by atoms with Crippen molar-refractivity contribution in [3.8, 4) is 0 Å². The molecular weight excluding hydrogens is 202 g/mol. The van der Waals surface area contributed by atoms with Gasteiger partial charge in [0.1, 0.15) is 0 Å². The number of hydrogen-bond donors (Lipinski definition) is 1. The maximum absolute atomic E-state index is 6.22. The van der Waals surface area contributed by atoms with Crippen molar-refractivity contribution in [3.05, 3.63) is 0 Å². The molecule has 0 amide bonds. The number of hydrogen-bond acceptors (Lipinski definition) is 3. The third kappa shape index (κ3) is 3.44. The second-order valence-corrected chi connectivity index (χ2v) is 6.32. The summed E-state index contributed by atoms with van der Waals surface area (Å²) >= 11 is 0. The minimum atomic E-state index is -0.150. The Balaban J connectivity index is 2.59. The molecule has 1 fully saturated rings. The van der Waals surface area contributed by atoms with Gasteiger partial charge in [0.25, 0.3) is 0 Å². The van der Waals surface area contributed by atoms with Gasteiger partial charge in [-0.25, -0.2) is 0 Å². The molecular formula is C13H27NO2. The molecule has 0 aromatic heterocycles. The molecule has 1 heterocycles. The molecule has 2 atom stereocenters. The predicted octanol–water partition coefficient (Wildman–Crippen LogP) is 2.33. The van der Waals surface area contributed by atoms with Crippen LogP contribution in [0.4, 0.5) is 0 Å². The van der Waals surface area contributed by atoms with Gasteiger partial charge >= 0.3 is 0 Å². The Labute approximate surface area is 99.7 Å². The molecule has 96 valence electrons. The fourth-order valence-electron chi connectivity index (χ4n) is 2.69. The van der Waals surface area contributed by atoms with E-state index in [0.717, 1.165) is 6.42 Å². The Morgan fingerprint density at radius 1 is 1.31 bits per heavy atom. The third-order valence-electron chi connectivity index (χ3n) is 3.28. The van der Waals surface area contributed by atoms with E-state index in [2.05, 4.69) is 27.7 Å². The number of rotatable bonds is 4. The largest absolute Gasteiger partial charge is 0.377 e. The Bertz CT molecular complexity index is 236. The average molecular weight is 229 g/mol. The van der Waals surface area contributed by atoms with E-state index < -0.39 is 0 Å². The van der Waals surface area contributed by atoms with Crippen LogP contribution in [0, 0.1) is 5.92 Å². The Morgan fingerprint density at radius 2 is 1.88 bits per heavy atom. The van der Waals surface area contributed by atoms with E-state index in [1.807, 2.05) is 13.8 Å². The van der Waals surface area contributed by atoms with E-state index in [-0.39, 0.29) is 23.3 Å². The van der Waals surface area contributed by atoms with E-state index in [4.69, 9.17) is 15.2 Å². The summed E-state index contributed by atoms with van der Waals surface area (Å²) < 4.78 is 11.6. The average Bonchev–Trinajstić information content (AvgIpc) is 2.30. The highest BCUT2D eigenvalue weighted by Crippen LogP contribution is 2.43. The van der Waals surface area contributed by atoms with Crippen LogP contribution in [0.5, 0.6) is 0 Å². The van der Waals surface area contributed by atoms with Gasteiger partial charge in [0.2, 0.25) is 0 Å². The molecule has 2 N–H and O–H groups in total. The van der Waals surface area contributed by atoms with Crippen LogP contribution >= 0.6 is 0 Å². The molecule has 0 aromatic rings. The summed E-state index contributed by atoms with van der Waals surface area (Å²) in [5.74, 6) is 0.362. The van der Waals surface area contributed by atoms with Gasteiger partial charge in [-0.3, -0.25) is 0 Å². The van der Waals surface area contributed by atoms with Crippen LogP contribution in [-0.4, -0.2) is 30.0 Å².